The molecule has 1 aliphatic carbocycles. The lowest BCUT2D eigenvalue weighted by Crippen LogP contribution is -2.18. The number of aliphatic hydroxyl groups is 1. The normalized spacial score (nSPS) is 29.8. The van der Waals surface area contributed by atoms with E-state index in [9.17, 15) is 5.11 Å². The monoisotopic (exact) mass is 241 g/mol. The number of H-pyrrole nitrogens is 1. The fourth-order valence-corrected chi connectivity index (χ4v) is 3.24. The summed E-state index contributed by atoms with van der Waals surface area (Å²) in [6.45, 7) is 4.47. The third kappa shape index (κ3) is 1.82. The van der Waals surface area contributed by atoms with Gasteiger partial charge in [0, 0.05) is 6.04 Å². The zero-order valence-corrected chi connectivity index (χ0v) is 10.6. The van der Waals surface area contributed by atoms with Crippen LogP contribution in [-0.4, -0.2) is 19.9 Å². The molecule has 0 aliphatic heterocycles. The first kappa shape index (κ1) is 11.8. The standard InChI is InChI=1S/C11H19N3OS/c1-3-8-4-5-9(7(8)2)14-10(6-15)12-13-11(14)16/h7-9,15H,3-6H2,1-2H3,(H,13,16). The molecule has 2 N–H and O–H groups in total. The average Bonchev–Trinajstić information content (AvgIpc) is 2.81. The molecule has 16 heavy (non-hydrogen) atoms. The lowest BCUT2D eigenvalue weighted by Gasteiger charge is -2.21. The molecule has 5 heteroatoms. The lowest BCUT2D eigenvalue weighted by molar-refractivity contribution is 0.249. The SMILES string of the molecule is CCC1CCC(n2c(CO)n[nH]c2=S)C1C. The van der Waals surface area contributed by atoms with Gasteiger partial charge in [0.15, 0.2) is 10.6 Å². The number of aromatic nitrogens is 3. The van der Waals surface area contributed by atoms with Gasteiger partial charge in [-0.3, -0.25) is 9.67 Å². The van der Waals surface area contributed by atoms with Crippen LogP contribution in [0.1, 0.15) is 45.0 Å². The molecule has 1 aromatic rings. The number of hydrogen-bond donors (Lipinski definition) is 2. The summed E-state index contributed by atoms with van der Waals surface area (Å²) in [5.41, 5.74) is 0. The second-order valence-corrected chi connectivity index (χ2v) is 5.03. The van der Waals surface area contributed by atoms with E-state index in [0.29, 0.717) is 22.6 Å². The fourth-order valence-electron chi connectivity index (χ4n) is 2.96. The van der Waals surface area contributed by atoms with Crippen molar-refractivity contribution in [1.29, 1.82) is 0 Å². The molecule has 0 radical (unpaired) electrons. The van der Waals surface area contributed by atoms with Crippen molar-refractivity contribution in [2.24, 2.45) is 11.8 Å². The number of hydrogen-bond acceptors (Lipinski definition) is 3. The van der Waals surface area contributed by atoms with Crippen LogP contribution in [0.3, 0.4) is 0 Å². The number of nitrogens with one attached hydrogen (secondary N) is 1. The Hall–Kier alpha value is -0.680. The van der Waals surface area contributed by atoms with Gasteiger partial charge in [-0.2, -0.15) is 5.10 Å². The zero-order valence-electron chi connectivity index (χ0n) is 9.81. The van der Waals surface area contributed by atoms with Crippen LogP contribution in [0.5, 0.6) is 0 Å². The number of nitrogens with zero attached hydrogens (tertiary/aromatic N) is 2. The van der Waals surface area contributed by atoms with E-state index in [1.54, 1.807) is 0 Å². The molecule has 0 spiro atoms. The Labute approximate surface area is 101 Å². The van der Waals surface area contributed by atoms with E-state index < -0.39 is 0 Å². The van der Waals surface area contributed by atoms with Crippen molar-refractivity contribution in [2.75, 3.05) is 0 Å². The van der Waals surface area contributed by atoms with Gasteiger partial charge >= 0.3 is 0 Å². The molecule has 3 atom stereocenters. The quantitative estimate of drug-likeness (QED) is 0.799. The number of rotatable bonds is 3. The summed E-state index contributed by atoms with van der Waals surface area (Å²) in [5, 5.41) is 16.1. The minimum absolute atomic E-state index is 0.0485. The Morgan fingerprint density at radius 2 is 2.31 bits per heavy atom. The van der Waals surface area contributed by atoms with Gasteiger partial charge in [0.1, 0.15) is 6.61 Å². The predicted molar refractivity (Wildman–Crippen MR) is 64.6 cm³/mol. The topological polar surface area (TPSA) is 53.8 Å². The van der Waals surface area contributed by atoms with E-state index in [4.69, 9.17) is 12.2 Å². The van der Waals surface area contributed by atoms with E-state index in [2.05, 4.69) is 24.0 Å². The summed E-state index contributed by atoms with van der Waals surface area (Å²) in [6.07, 6.45) is 3.61. The molecular weight excluding hydrogens is 222 g/mol. The molecule has 4 nitrogen and oxygen atoms in total. The molecule has 1 aromatic heterocycles. The lowest BCUT2D eigenvalue weighted by atomic mass is 9.93. The summed E-state index contributed by atoms with van der Waals surface area (Å²) < 4.78 is 2.65. The van der Waals surface area contributed by atoms with Crippen LogP contribution in [0.4, 0.5) is 0 Å². The Bertz CT molecular complexity index is 412. The summed E-state index contributed by atoms with van der Waals surface area (Å²) in [4.78, 5) is 0. The first-order valence-electron chi connectivity index (χ1n) is 5.95. The molecule has 0 amide bonds. The molecule has 90 valence electrons. The van der Waals surface area contributed by atoms with Gasteiger partial charge in [-0.05, 0) is 36.9 Å². The maximum absolute atomic E-state index is 9.25. The van der Waals surface area contributed by atoms with E-state index in [-0.39, 0.29) is 6.61 Å². The Morgan fingerprint density at radius 1 is 1.56 bits per heavy atom. The van der Waals surface area contributed by atoms with E-state index >= 15 is 0 Å². The first-order chi connectivity index (χ1) is 7.69. The summed E-state index contributed by atoms with van der Waals surface area (Å²) in [7, 11) is 0. The van der Waals surface area contributed by atoms with Gasteiger partial charge in [0.25, 0.3) is 0 Å². The van der Waals surface area contributed by atoms with Gasteiger partial charge in [-0.25, -0.2) is 0 Å². The van der Waals surface area contributed by atoms with Crippen LogP contribution >= 0.6 is 12.2 Å². The van der Waals surface area contributed by atoms with Crippen molar-refractivity contribution in [3.8, 4) is 0 Å². The fraction of sp³-hybridized carbons (Fsp3) is 0.818. The van der Waals surface area contributed by atoms with Gasteiger partial charge in [-0.1, -0.05) is 20.3 Å². The van der Waals surface area contributed by atoms with Crippen molar-refractivity contribution < 1.29 is 5.11 Å². The third-order valence-electron chi connectivity index (χ3n) is 3.96. The van der Waals surface area contributed by atoms with Crippen LogP contribution in [0.2, 0.25) is 0 Å². The molecule has 1 saturated carbocycles. The Balaban J connectivity index is 2.31. The highest BCUT2D eigenvalue weighted by Crippen LogP contribution is 2.42. The minimum atomic E-state index is -0.0485. The van der Waals surface area contributed by atoms with Crippen molar-refractivity contribution in [2.45, 2.75) is 45.8 Å². The molecule has 1 fully saturated rings. The first-order valence-corrected chi connectivity index (χ1v) is 6.36. The Kier molecular flexibility index (Phi) is 3.44. The summed E-state index contributed by atoms with van der Waals surface area (Å²) in [6, 6.07) is 0.401. The highest BCUT2D eigenvalue weighted by Gasteiger charge is 2.34. The highest BCUT2D eigenvalue weighted by molar-refractivity contribution is 7.71. The predicted octanol–water partition coefficient (Wildman–Crippen LogP) is 2.43. The summed E-state index contributed by atoms with van der Waals surface area (Å²) in [5.74, 6) is 2.05. The Morgan fingerprint density at radius 3 is 2.88 bits per heavy atom. The van der Waals surface area contributed by atoms with Gasteiger partial charge in [0.05, 0.1) is 0 Å². The molecule has 0 saturated heterocycles. The second-order valence-electron chi connectivity index (χ2n) is 4.65. The zero-order chi connectivity index (χ0) is 11.7. The van der Waals surface area contributed by atoms with Gasteiger partial charge < -0.3 is 5.11 Å². The molecule has 0 bridgehead atoms. The van der Waals surface area contributed by atoms with Crippen molar-refractivity contribution in [3.05, 3.63) is 10.6 Å². The molecular formula is C11H19N3OS. The van der Waals surface area contributed by atoms with Crippen molar-refractivity contribution >= 4 is 12.2 Å². The van der Waals surface area contributed by atoms with Crippen molar-refractivity contribution in [1.82, 2.24) is 14.8 Å². The van der Waals surface area contributed by atoms with Gasteiger partial charge in [0.2, 0.25) is 0 Å². The van der Waals surface area contributed by atoms with Gasteiger partial charge in [-0.15, -0.1) is 0 Å². The molecule has 1 heterocycles. The smallest absolute Gasteiger partial charge is 0.195 e. The second kappa shape index (κ2) is 4.67. The van der Waals surface area contributed by atoms with Crippen LogP contribution in [0.15, 0.2) is 0 Å². The minimum Gasteiger partial charge on any atom is -0.388 e. The van der Waals surface area contributed by atoms with E-state index in [0.717, 1.165) is 12.3 Å². The number of aliphatic hydroxyl groups excluding tert-OH is 1. The van der Waals surface area contributed by atoms with Crippen LogP contribution in [-0.2, 0) is 6.61 Å². The average molecular weight is 241 g/mol. The third-order valence-corrected chi connectivity index (χ3v) is 4.25. The number of aromatic amines is 1. The van der Waals surface area contributed by atoms with E-state index in [1.165, 1.54) is 12.8 Å². The van der Waals surface area contributed by atoms with E-state index in [1.807, 2.05) is 4.57 Å². The molecule has 1 aliphatic rings. The van der Waals surface area contributed by atoms with Crippen molar-refractivity contribution in [3.63, 3.8) is 0 Å². The maximum atomic E-state index is 9.25. The molecule has 2 rings (SSSR count). The van der Waals surface area contributed by atoms with Crippen LogP contribution < -0.4 is 0 Å². The maximum Gasteiger partial charge on any atom is 0.195 e. The largest absolute Gasteiger partial charge is 0.388 e. The molecule has 3 unspecified atom stereocenters. The summed E-state index contributed by atoms with van der Waals surface area (Å²) >= 11 is 5.24. The highest BCUT2D eigenvalue weighted by atomic mass is 32.1. The molecule has 0 aromatic carbocycles. The van der Waals surface area contributed by atoms with Crippen LogP contribution in [0, 0.1) is 16.6 Å². The van der Waals surface area contributed by atoms with Crippen LogP contribution in [0.25, 0.3) is 0 Å².